The molecule has 1 aliphatic heterocycles. The highest BCUT2D eigenvalue weighted by Crippen LogP contribution is 2.22. The molecule has 0 aromatic heterocycles. The van der Waals surface area contributed by atoms with E-state index in [0.717, 1.165) is 103 Å². The lowest BCUT2D eigenvalue weighted by Gasteiger charge is -2.40. The highest BCUT2D eigenvalue weighted by molar-refractivity contribution is 5.76. The van der Waals surface area contributed by atoms with Gasteiger partial charge >= 0.3 is 0 Å². The minimum atomic E-state index is -1.58. The third-order valence-electron chi connectivity index (χ3n) is 11.4. The smallest absolute Gasteiger partial charge is 0.220 e. The van der Waals surface area contributed by atoms with E-state index in [-0.39, 0.29) is 12.5 Å². The summed E-state index contributed by atoms with van der Waals surface area (Å²) in [6, 6.07) is -0.821. The fourth-order valence-corrected chi connectivity index (χ4v) is 7.37. The van der Waals surface area contributed by atoms with Crippen LogP contribution in [-0.4, -0.2) is 87.5 Å². The van der Waals surface area contributed by atoms with Crippen molar-refractivity contribution in [3.8, 4) is 0 Å². The van der Waals surface area contributed by atoms with Crippen LogP contribution in [0.3, 0.4) is 0 Å². The van der Waals surface area contributed by atoms with E-state index in [1.807, 2.05) is 6.08 Å². The third-order valence-corrected chi connectivity index (χ3v) is 11.4. The number of amides is 1. The Bertz CT molecular complexity index is 1320. The molecular weight excluding hydrogens is 803 g/mol. The fraction of sp³-hybridized carbons (Fsp3) is 0.691. The minimum Gasteiger partial charge on any atom is -0.394 e. The number of carbonyl (C=O) groups is 1. The van der Waals surface area contributed by atoms with Crippen molar-refractivity contribution >= 4 is 5.91 Å². The van der Waals surface area contributed by atoms with Gasteiger partial charge in [-0.25, -0.2) is 0 Å². The number of rotatable bonds is 41. The fourth-order valence-electron chi connectivity index (χ4n) is 7.37. The first-order chi connectivity index (χ1) is 31.3. The topological polar surface area (TPSA) is 149 Å². The molecule has 0 radical (unpaired) electrons. The highest BCUT2D eigenvalue weighted by atomic mass is 16.7. The monoisotopic (exact) mass is 896 g/mol. The van der Waals surface area contributed by atoms with Crippen LogP contribution in [0, 0.1) is 0 Å². The molecule has 1 amide bonds. The van der Waals surface area contributed by atoms with E-state index in [2.05, 4.69) is 104 Å². The number of ether oxygens (including phenoxy) is 2. The van der Waals surface area contributed by atoms with E-state index in [1.54, 1.807) is 6.08 Å². The molecule has 7 unspecified atom stereocenters. The Hall–Kier alpha value is -2.89. The van der Waals surface area contributed by atoms with Gasteiger partial charge in [0.15, 0.2) is 6.29 Å². The molecule has 9 heteroatoms. The zero-order chi connectivity index (χ0) is 46.6. The number of allylic oxidation sites excluding steroid dienone is 15. The summed E-state index contributed by atoms with van der Waals surface area (Å²) in [5.41, 5.74) is 0. The number of hydrogen-bond donors (Lipinski definition) is 6. The van der Waals surface area contributed by atoms with Gasteiger partial charge in [-0.2, -0.15) is 0 Å². The van der Waals surface area contributed by atoms with Crippen LogP contribution >= 0.6 is 0 Å². The Morgan fingerprint density at radius 3 is 1.44 bits per heavy atom. The molecule has 64 heavy (non-hydrogen) atoms. The lowest BCUT2D eigenvalue weighted by atomic mass is 9.99. The van der Waals surface area contributed by atoms with Crippen molar-refractivity contribution in [1.29, 1.82) is 0 Å². The summed E-state index contributed by atoms with van der Waals surface area (Å²) in [7, 11) is 0. The Morgan fingerprint density at radius 2 is 0.969 bits per heavy atom. The molecule has 366 valence electrons. The average molecular weight is 896 g/mol. The second kappa shape index (κ2) is 44.0. The summed E-state index contributed by atoms with van der Waals surface area (Å²) in [6.07, 6.45) is 55.9. The third kappa shape index (κ3) is 33.6. The Morgan fingerprint density at radius 1 is 0.547 bits per heavy atom. The molecule has 1 fully saturated rings. The predicted molar refractivity (Wildman–Crippen MR) is 267 cm³/mol. The van der Waals surface area contributed by atoms with E-state index in [9.17, 15) is 30.3 Å². The second-order valence-corrected chi connectivity index (χ2v) is 17.2. The van der Waals surface area contributed by atoms with Gasteiger partial charge in [0.05, 0.1) is 25.4 Å². The van der Waals surface area contributed by atoms with Gasteiger partial charge in [-0.05, 0) is 77.0 Å². The lowest BCUT2D eigenvalue weighted by molar-refractivity contribution is -0.302. The number of nitrogens with one attached hydrogen (secondary N) is 1. The van der Waals surface area contributed by atoms with Crippen molar-refractivity contribution in [3.63, 3.8) is 0 Å². The molecule has 0 saturated carbocycles. The first kappa shape index (κ1) is 59.1. The van der Waals surface area contributed by atoms with Gasteiger partial charge in [0, 0.05) is 6.42 Å². The van der Waals surface area contributed by atoms with Gasteiger partial charge in [0.25, 0.3) is 0 Å². The minimum absolute atomic E-state index is 0.201. The summed E-state index contributed by atoms with van der Waals surface area (Å²) in [5.74, 6) is -0.201. The second-order valence-electron chi connectivity index (χ2n) is 17.2. The molecule has 9 nitrogen and oxygen atoms in total. The number of carbonyl (C=O) groups excluding carboxylic acids is 1. The van der Waals surface area contributed by atoms with Gasteiger partial charge in [-0.1, -0.05) is 201 Å². The largest absolute Gasteiger partial charge is 0.394 e. The van der Waals surface area contributed by atoms with Crippen molar-refractivity contribution in [2.45, 2.75) is 230 Å². The number of aliphatic hydroxyl groups excluding tert-OH is 5. The van der Waals surface area contributed by atoms with Crippen LogP contribution in [0.25, 0.3) is 0 Å². The van der Waals surface area contributed by atoms with Crippen molar-refractivity contribution in [1.82, 2.24) is 5.32 Å². The number of unbranched alkanes of at least 4 members (excludes halogenated alkanes) is 17. The molecule has 0 spiro atoms. The standard InChI is InChI=1S/C55H93NO8/c1-3-5-7-9-11-13-15-17-19-20-21-22-23-24-25-26-27-28-29-30-31-33-35-37-39-41-43-45-51(59)56-48(47-63-55-54(62)53(61)52(60)50(46-57)64-55)49(58)44-42-40-38-36-34-32-18-16-14-12-10-8-6-4-2/h5,7,11,13,17,19,21-22,24-25,27-28,30-31,42,44,48-50,52-55,57-58,60-62H,3-4,6,8-10,12,14-16,18,20,23,26,29,32-41,43,45-47H2,1-2H3,(H,56,59)/b7-5-,13-11-,19-17-,22-21-,25-24-,28-27-,31-30-,44-42+. The SMILES string of the molecule is CC/C=C\C/C=C\C/C=C\C/C=C\C/C=C\C/C=C\C/C=C\CCCCCCCC(=O)NC(COC1OC(CO)C(O)C(O)C1O)C(O)/C=C/CCCCCCCCCCCCCC. The molecule has 1 heterocycles. The molecule has 1 rings (SSSR count). The summed E-state index contributed by atoms with van der Waals surface area (Å²) >= 11 is 0. The maximum atomic E-state index is 13.0. The molecule has 1 saturated heterocycles. The Labute approximate surface area is 390 Å². The van der Waals surface area contributed by atoms with Crippen molar-refractivity contribution in [2.75, 3.05) is 13.2 Å². The average Bonchev–Trinajstić information content (AvgIpc) is 3.29. The molecule has 6 N–H and O–H groups in total. The van der Waals surface area contributed by atoms with E-state index in [4.69, 9.17) is 9.47 Å². The van der Waals surface area contributed by atoms with Gasteiger partial charge in [-0.15, -0.1) is 0 Å². The van der Waals surface area contributed by atoms with Crippen molar-refractivity contribution in [2.24, 2.45) is 0 Å². The van der Waals surface area contributed by atoms with E-state index < -0.39 is 49.5 Å². The van der Waals surface area contributed by atoms with Gasteiger partial charge in [0.1, 0.15) is 24.4 Å². The van der Waals surface area contributed by atoms with E-state index in [1.165, 1.54) is 64.2 Å². The van der Waals surface area contributed by atoms with E-state index in [0.29, 0.717) is 6.42 Å². The first-order valence-electron chi connectivity index (χ1n) is 25.5. The molecule has 1 aliphatic rings. The Kier molecular flexibility index (Phi) is 40.6. The van der Waals surface area contributed by atoms with Gasteiger partial charge in [-0.3, -0.25) is 4.79 Å². The van der Waals surface area contributed by atoms with Crippen LogP contribution < -0.4 is 5.32 Å². The molecule has 0 bridgehead atoms. The summed E-state index contributed by atoms with van der Waals surface area (Å²) in [5, 5.41) is 54.3. The van der Waals surface area contributed by atoms with Crippen LogP contribution in [-0.2, 0) is 14.3 Å². The summed E-state index contributed by atoms with van der Waals surface area (Å²) in [6.45, 7) is 3.63. The van der Waals surface area contributed by atoms with Crippen LogP contribution in [0.1, 0.15) is 187 Å². The van der Waals surface area contributed by atoms with Crippen LogP contribution in [0.4, 0.5) is 0 Å². The van der Waals surface area contributed by atoms with Gasteiger partial charge < -0.3 is 40.3 Å². The molecule has 7 atom stereocenters. The van der Waals surface area contributed by atoms with Crippen molar-refractivity contribution in [3.05, 3.63) is 97.2 Å². The molecule has 0 aliphatic carbocycles. The Balaban J connectivity index is 2.31. The predicted octanol–water partition coefficient (Wildman–Crippen LogP) is 11.7. The maximum absolute atomic E-state index is 13.0. The molecule has 0 aromatic rings. The summed E-state index contributed by atoms with van der Waals surface area (Å²) < 4.78 is 11.2. The normalized spacial score (nSPS) is 20.9. The number of aliphatic hydroxyl groups is 5. The van der Waals surface area contributed by atoms with Crippen LogP contribution in [0.15, 0.2) is 97.2 Å². The zero-order valence-corrected chi connectivity index (χ0v) is 40.2. The maximum Gasteiger partial charge on any atom is 0.220 e. The zero-order valence-electron chi connectivity index (χ0n) is 40.2. The molecule has 0 aromatic carbocycles. The van der Waals surface area contributed by atoms with Crippen LogP contribution in [0.2, 0.25) is 0 Å². The van der Waals surface area contributed by atoms with Crippen molar-refractivity contribution < 1.29 is 39.8 Å². The lowest BCUT2D eigenvalue weighted by Crippen LogP contribution is -2.60. The van der Waals surface area contributed by atoms with Crippen LogP contribution in [0.5, 0.6) is 0 Å². The van der Waals surface area contributed by atoms with E-state index >= 15 is 0 Å². The summed E-state index contributed by atoms with van der Waals surface area (Å²) in [4.78, 5) is 13.0. The quantitative estimate of drug-likeness (QED) is 0.0262. The first-order valence-corrected chi connectivity index (χ1v) is 25.5. The highest BCUT2D eigenvalue weighted by Gasteiger charge is 2.44. The molecular formula is C55H93NO8. The van der Waals surface area contributed by atoms with Gasteiger partial charge in [0.2, 0.25) is 5.91 Å². The number of hydrogen-bond acceptors (Lipinski definition) is 8.